The van der Waals surface area contributed by atoms with Crippen molar-refractivity contribution in [2.75, 3.05) is 31.1 Å². The van der Waals surface area contributed by atoms with Gasteiger partial charge in [-0.1, -0.05) is 91.0 Å². The highest BCUT2D eigenvalue weighted by Gasteiger charge is 2.39. The number of ether oxygens (including phenoxy) is 3. The monoisotopic (exact) mass is 788 g/mol. The number of nitrogen functional groups attached to an aromatic ring is 2. The van der Waals surface area contributed by atoms with Gasteiger partial charge in [-0.2, -0.15) is 13.2 Å². The highest BCUT2D eigenvalue weighted by Crippen LogP contribution is 2.43. The fraction of sp³-hybridized carbons (Fsp3) is 0.217. The Bertz CT molecular complexity index is 2100. The lowest BCUT2D eigenvalue weighted by atomic mass is 10.1. The summed E-state index contributed by atoms with van der Waals surface area (Å²) in [5.41, 5.74) is 14.8. The summed E-state index contributed by atoms with van der Waals surface area (Å²) in [6, 6.07) is 34.0. The normalized spacial score (nSPS) is 13.4. The number of nitrogens with zero attached hydrogens (tertiary/aromatic N) is 1. The number of nitrogens with one attached hydrogen (secondary N) is 3. The van der Waals surface area contributed by atoms with Crippen LogP contribution in [0.2, 0.25) is 0 Å². The first-order valence-electron chi connectivity index (χ1n) is 19.0. The molecule has 0 spiro atoms. The van der Waals surface area contributed by atoms with E-state index in [2.05, 4.69) is 5.32 Å². The Labute approximate surface area is 336 Å². The zero-order chi connectivity index (χ0) is 40.9. The number of hydrogen-bond acceptors (Lipinski definition) is 7. The van der Waals surface area contributed by atoms with E-state index in [4.69, 9.17) is 36.5 Å². The number of benzene rings is 5. The number of nitrogens with two attached hydrogens (primary N) is 2. The lowest BCUT2D eigenvalue weighted by Crippen LogP contribution is -2.34. The van der Waals surface area contributed by atoms with E-state index < -0.39 is 11.7 Å². The fourth-order valence-electron chi connectivity index (χ4n) is 6.57. The maximum absolute atomic E-state index is 15.1. The summed E-state index contributed by atoms with van der Waals surface area (Å²) in [6.45, 7) is 2.01. The molecule has 1 heterocycles. The SMILES string of the molecule is N=C(N)c1ccc(OCc2ccccc2)c(/C=C/CN(C/C=C/c2cc(C(=N)N)ccc2OCc2ccccc2)c2cccc(OC3CCNCC3)c2C(F)(F)F)c1. The highest BCUT2D eigenvalue weighted by molar-refractivity contribution is 5.96. The summed E-state index contributed by atoms with van der Waals surface area (Å²) >= 11 is 0. The third-order valence-corrected chi connectivity index (χ3v) is 9.57. The molecule has 300 valence electrons. The van der Waals surface area contributed by atoms with Gasteiger partial charge in [0.15, 0.2) is 0 Å². The number of piperidine rings is 1. The average molecular weight is 789 g/mol. The third-order valence-electron chi connectivity index (χ3n) is 9.57. The van der Waals surface area contributed by atoms with Gasteiger partial charge in [0.1, 0.15) is 53.8 Å². The molecule has 0 unspecified atom stereocenters. The second kappa shape index (κ2) is 19.6. The molecule has 1 aliphatic rings. The number of halogens is 3. The van der Waals surface area contributed by atoms with Gasteiger partial charge in [0, 0.05) is 35.3 Å². The summed E-state index contributed by atoms with van der Waals surface area (Å²) < 4.78 is 63.8. The number of alkyl halides is 3. The lowest BCUT2D eigenvalue weighted by molar-refractivity contribution is -0.138. The minimum atomic E-state index is -4.73. The smallest absolute Gasteiger partial charge is 0.421 e. The van der Waals surface area contributed by atoms with Crippen LogP contribution in [0.25, 0.3) is 12.2 Å². The van der Waals surface area contributed by atoms with E-state index in [1.807, 2.05) is 60.7 Å². The summed E-state index contributed by atoms with van der Waals surface area (Å²) in [6.07, 6.45) is 3.15. The van der Waals surface area contributed by atoms with Gasteiger partial charge in [-0.3, -0.25) is 10.8 Å². The zero-order valence-corrected chi connectivity index (χ0v) is 32.0. The van der Waals surface area contributed by atoms with Crippen LogP contribution in [0.5, 0.6) is 17.2 Å². The molecule has 1 saturated heterocycles. The van der Waals surface area contributed by atoms with Crippen LogP contribution in [0.1, 0.15) is 51.8 Å². The van der Waals surface area contributed by atoms with Crippen LogP contribution < -0.4 is 35.9 Å². The second-order valence-corrected chi connectivity index (χ2v) is 13.8. The van der Waals surface area contributed by atoms with E-state index in [0.29, 0.717) is 72.9 Å². The van der Waals surface area contributed by atoms with E-state index >= 15 is 13.2 Å². The standard InChI is InChI=1S/C46H47F3N6O3/c47-46(48,49)43-39(16-7-17-42(43)58-38-22-24-54-25-23-38)55(26-8-14-34-28-36(44(50)51)18-20-40(34)56-30-32-10-3-1-4-11-32)27-9-15-35-29-37(45(52)53)19-21-41(35)57-31-33-12-5-2-6-13-33/h1-21,28-29,38,54H,22-27,30-31H2,(H3,50,51)(H3,52,53)/b14-8+,15-9+. The van der Waals surface area contributed by atoms with Crippen LogP contribution in [0.4, 0.5) is 18.9 Å². The maximum Gasteiger partial charge on any atom is 0.421 e. The highest BCUT2D eigenvalue weighted by atomic mass is 19.4. The first-order chi connectivity index (χ1) is 28.0. The minimum absolute atomic E-state index is 0.0516. The quantitative estimate of drug-likeness (QED) is 0.0468. The Hall–Kier alpha value is -6.53. The van der Waals surface area contributed by atoms with Crippen molar-refractivity contribution in [1.82, 2.24) is 5.32 Å². The molecule has 58 heavy (non-hydrogen) atoms. The predicted octanol–water partition coefficient (Wildman–Crippen LogP) is 8.80. The molecular weight excluding hydrogens is 742 g/mol. The average Bonchev–Trinajstić information content (AvgIpc) is 3.22. The Morgan fingerprint density at radius 1 is 0.672 bits per heavy atom. The molecule has 5 aromatic carbocycles. The molecule has 0 bridgehead atoms. The maximum atomic E-state index is 15.1. The summed E-state index contributed by atoms with van der Waals surface area (Å²) in [5, 5.41) is 19.2. The van der Waals surface area contributed by atoms with Crippen LogP contribution in [-0.4, -0.2) is 44.0 Å². The van der Waals surface area contributed by atoms with E-state index in [0.717, 1.165) is 11.1 Å². The first-order valence-corrected chi connectivity index (χ1v) is 19.0. The third kappa shape index (κ3) is 11.3. The zero-order valence-electron chi connectivity index (χ0n) is 32.0. The Balaban J connectivity index is 1.34. The number of hydrogen-bond donors (Lipinski definition) is 5. The molecule has 0 radical (unpaired) electrons. The summed E-state index contributed by atoms with van der Waals surface area (Å²) in [5.74, 6) is 0.581. The van der Waals surface area contributed by atoms with Crippen LogP contribution in [0, 0.1) is 10.8 Å². The first kappa shape index (κ1) is 41.1. The van der Waals surface area contributed by atoms with Gasteiger partial charge in [0.2, 0.25) is 0 Å². The van der Waals surface area contributed by atoms with Crippen molar-refractivity contribution in [3.8, 4) is 17.2 Å². The number of rotatable bonds is 17. The Morgan fingerprint density at radius 3 is 1.64 bits per heavy atom. The molecule has 0 saturated carbocycles. The van der Waals surface area contributed by atoms with E-state index in [-0.39, 0.29) is 42.3 Å². The van der Waals surface area contributed by atoms with Gasteiger partial charge < -0.3 is 35.9 Å². The van der Waals surface area contributed by atoms with Gasteiger partial charge in [0.25, 0.3) is 0 Å². The molecule has 0 amide bonds. The van der Waals surface area contributed by atoms with E-state index in [9.17, 15) is 0 Å². The van der Waals surface area contributed by atoms with Crippen molar-refractivity contribution >= 4 is 29.5 Å². The van der Waals surface area contributed by atoms with E-state index in [1.165, 1.54) is 12.1 Å². The van der Waals surface area contributed by atoms with Gasteiger partial charge in [-0.05, 0) is 85.6 Å². The largest absolute Gasteiger partial charge is 0.490 e. The minimum Gasteiger partial charge on any atom is -0.490 e. The van der Waals surface area contributed by atoms with Crippen molar-refractivity contribution in [3.63, 3.8) is 0 Å². The molecule has 5 aromatic rings. The lowest BCUT2D eigenvalue weighted by Gasteiger charge is -2.29. The molecular formula is C46H47F3N6O3. The molecule has 12 heteroatoms. The Kier molecular flexibility index (Phi) is 13.9. The van der Waals surface area contributed by atoms with Crippen LogP contribution in [-0.2, 0) is 19.4 Å². The number of amidine groups is 2. The molecule has 9 nitrogen and oxygen atoms in total. The summed E-state index contributed by atoms with van der Waals surface area (Å²) in [4.78, 5) is 1.61. The van der Waals surface area contributed by atoms with E-state index in [1.54, 1.807) is 71.7 Å². The molecule has 1 fully saturated rings. The van der Waals surface area contributed by atoms with Crippen molar-refractivity contribution in [1.29, 1.82) is 10.8 Å². The van der Waals surface area contributed by atoms with Crippen molar-refractivity contribution in [2.45, 2.75) is 38.3 Å². The molecule has 0 aliphatic carbocycles. The molecule has 6 rings (SSSR count). The van der Waals surface area contributed by atoms with Gasteiger partial charge in [-0.15, -0.1) is 0 Å². The van der Waals surface area contributed by atoms with Gasteiger partial charge in [0.05, 0.1) is 5.69 Å². The molecule has 7 N–H and O–H groups in total. The molecule has 1 aliphatic heterocycles. The summed E-state index contributed by atoms with van der Waals surface area (Å²) in [7, 11) is 0. The van der Waals surface area contributed by atoms with Crippen molar-refractivity contribution in [2.24, 2.45) is 11.5 Å². The predicted molar refractivity (Wildman–Crippen MR) is 225 cm³/mol. The second-order valence-electron chi connectivity index (χ2n) is 13.8. The fourth-order valence-corrected chi connectivity index (χ4v) is 6.57. The molecule has 0 atom stereocenters. The van der Waals surface area contributed by atoms with Crippen LogP contribution in [0.15, 0.2) is 127 Å². The Morgan fingerprint density at radius 2 is 1.17 bits per heavy atom. The van der Waals surface area contributed by atoms with Crippen molar-refractivity contribution in [3.05, 3.63) is 166 Å². The molecule has 0 aromatic heterocycles. The van der Waals surface area contributed by atoms with Crippen LogP contribution >= 0.6 is 0 Å². The van der Waals surface area contributed by atoms with Gasteiger partial charge >= 0.3 is 6.18 Å². The van der Waals surface area contributed by atoms with Crippen LogP contribution in [0.3, 0.4) is 0 Å². The number of anilines is 1. The van der Waals surface area contributed by atoms with Crippen molar-refractivity contribution < 1.29 is 27.4 Å². The topological polar surface area (TPSA) is 143 Å². The van der Waals surface area contributed by atoms with Gasteiger partial charge in [-0.25, -0.2) is 0 Å².